The van der Waals surface area contributed by atoms with Crippen molar-refractivity contribution in [3.8, 4) is 0 Å². The van der Waals surface area contributed by atoms with E-state index < -0.39 is 16.0 Å². The van der Waals surface area contributed by atoms with Crippen molar-refractivity contribution >= 4 is 27.3 Å². The number of sulfonamides is 1. The van der Waals surface area contributed by atoms with Gasteiger partial charge in [0.05, 0.1) is 6.20 Å². The third-order valence-corrected chi connectivity index (χ3v) is 5.76. The Hall–Kier alpha value is -1.71. The maximum Gasteiger partial charge on any atom is 0.345 e. The molecule has 19 heavy (non-hydrogen) atoms. The molecule has 0 aliphatic carbocycles. The highest BCUT2D eigenvalue weighted by Crippen LogP contribution is 2.25. The first-order valence-electron chi connectivity index (χ1n) is 5.18. The molecule has 2 heterocycles. The zero-order chi connectivity index (χ0) is 14.0. The zero-order valence-corrected chi connectivity index (χ0v) is 11.5. The van der Waals surface area contributed by atoms with Crippen molar-refractivity contribution in [3.63, 3.8) is 0 Å². The van der Waals surface area contributed by atoms with Gasteiger partial charge in [0, 0.05) is 25.4 Å². The molecule has 7 nitrogen and oxygen atoms in total. The van der Waals surface area contributed by atoms with Crippen LogP contribution in [0, 0.1) is 0 Å². The second-order valence-corrected chi connectivity index (χ2v) is 7.15. The van der Waals surface area contributed by atoms with Crippen molar-refractivity contribution in [1.29, 1.82) is 0 Å². The van der Waals surface area contributed by atoms with Crippen molar-refractivity contribution < 1.29 is 18.3 Å². The van der Waals surface area contributed by atoms with Crippen molar-refractivity contribution in [2.75, 3.05) is 7.05 Å². The summed E-state index contributed by atoms with van der Waals surface area (Å²) < 4.78 is 25.6. The number of carboxylic acids is 1. The first kappa shape index (κ1) is 13.7. The van der Waals surface area contributed by atoms with E-state index in [1.54, 1.807) is 6.20 Å². The second kappa shape index (κ2) is 5.11. The van der Waals surface area contributed by atoms with Gasteiger partial charge in [-0.05, 0) is 12.1 Å². The molecule has 9 heteroatoms. The average molecular weight is 301 g/mol. The van der Waals surface area contributed by atoms with E-state index in [0.29, 0.717) is 0 Å². The van der Waals surface area contributed by atoms with Crippen LogP contribution in [0.4, 0.5) is 0 Å². The standard InChI is InChI=1S/C10H11N3O4S2/c1-13(6-7-4-11-12-5-7)19(16,17)9-3-2-8(18-9)10(14)15/h2-5H,6H2,1H3,(H,11,12)(H,14,15). The number of carboxylic acid groups (broad SMARTS) is 1. The Morgan fingerprint density at radius 1 is 1.53 bits per heavy atom. The van der Waals surface area contributed by atoms with E-state index in [1.165, 1.54) is 25.4 Å². The number of carbonyl (C=O) groups is 1. The molecule has 0 unspecified atom stereocenters. The lowest BCUT2D eigenvalue weighted by molar-refractivity contribution is 0.0702. The summed E-state index contributed by atoms with van der Waals surface area (Å²) in [4.78, 5) is 10.8. The predicted molar refractivity (Wildman–Crippen MR) is 68.5 cm³/mol. The van der Waals surface area contributed by atoms with Crippen LogP contribution in [-0.2, 0) is 16.6 Å². The fraction of sp³-hybridized carbons (Fsp3) is 0.200. The summed E-state index contributed by atoms with van der Waals surface area (Å²) in [6, 6.07) is 2.58. The number of aromatic carboxylic acids is 1. The molecule has 0 aliphatic heterocycles. The lowest BCUT2D eigenvalue weighted by Crippen LogP contribution is -2.25. The highest BCUT2D eigenvalue weighted by molar-refractivity contribution is 7.91. The maximum absolute atomic E-state index is 12.2. The van der Waals surface area contributed by atoms with Crippen molar-refractivity contribution in [1.82, 2.24) is 14.5 Å². The van der Waals surface area contributed by atoms with Crippen LogP contribution >= 0.6 is 11.3 Å². The van der Waals surface area contributed by atoms with Gasteiger partial charge in [-0.3, -0.25) is 5.10 Å². The Labute approximate surface area is 113 Å². The first-order valence-corrected chi connectivity index (χ1v) is 7.44. The summed E-state index contributed by atoms with van der Waals surface area (Å²) in [6.07, 6.45) is 3.13. The number of nitrogens with zero attached hydrogens (tertiary/aromatic N) is 2. The van der Waals surface area contributed by atoms with E-state index in [9.17, 15) is 13.2 Å². The number of H-pyrrole nitrogens is 1. The number of aromatic nitrogens is 2. The lowest BCUT2D eigenvalue weighted by Gasteiger charge is -2.14. The quantitative estimate of drug-likeness (QED) is 0.857. The Balaban J connectivity index is 2.23. The molecule has 2 N–H and O–H groups in total. The molecule has 0 radical (unpaired) electrons. The third kappa shape index (κ3) is 2.83. The fourth-order valence-corrected chi connectivity index (χ4v) is 3.95. The monoisotopic (exact) mass is 301 g/mol. The molecule has 0 aliphatic rings. The summed E-state index contributed by atoms with van der Waals surface area (Å²) in [5.74, 6) is -1.14. The zero-order valence-electron chi connectivity index (χ0n) is 9.90. The van der Waals surface area contributed by atoms with Gasteiger partial charge in [-0.2, -0.15) is 9.40 Å². The number of aromatic amines is 1. The minimum atomic E-state index is -3.68. The number of thiophene rings is 1. The molecular formula is C10H11N3O4S2. The summed E-state index contributed by atoms with van der Waals surface area (Å²) >= 11 is 0.736. The van der Waals surface area contributed by atoms with Crippen LogP contribution in [0.2, 0.25) is 0 Å². The molecule has 0 saturated carbocycles. The SMILES string of the molecule is CN(Cc1cn[nH]c1)S(=O)(=O)c1ccc(C(=O)O)s1. The molecule has 2 aromatic heterocycles. The van der Waals surface area contributed by atoms with E-state index in [0.717, 1.165) is 21.2 Å². The van der Waals surface area contributed by atoms with Gasteiger partial charge in [0.25, 0.3) is 10.0 Å². The topological polar surface area (TPSA) is 103 Å². The van der Waals surface area contributed by atoms with Crippen LogP contribution in [0.5, 0.6) is 0 Å². The predicted octanol–water partition coefficient (Wildman–Crippen LogP) is 0.990. The summed E-state index contributed by atoms with van der Waals surface area (Å²) in [7, 11) is -2.25. The molecule has 0 atom stereocenters. The molecule has 0 aromatic carbocycles. The van der Waals surface area contributed by atoms with Crippen LogP contribution in [0.25, 0.3) is 0 Å². The molecule has 0 amide bonds. The number of hydrogen-bond donors (Lipinski definition) is 2. The van der Waals surface area contributed by atoms with Crippen LogP contribution < -0.4 is 0 Å². The van der Waals surface area contributed by atoms with Crippen LogP contribution in [0.15, 0.2) is 28.7 Å². The van der Waals surface area contributed by atoms with Gasteiger partial charge >= 0.3 is 5.97 Å². The number of rotatable bonds is 5. The van der Waals surface area contributed by atoms with Crippen LogP contribution in [0.3, 0.4) is 0 Å². The highest BCUT2D eigenvalue weighted by atomic mass is 32.2. The third-order valence-electron chi connectivity index (χ3n) is 2.42. The van der Waals surface area contributed by atoms with E-state index in [2.05, 4.69) is 10.2 Å². The smallest absolute Gasteiger partial charge is 0.345 e. The van der Waals surface area contributed by atoms with E-state index in [4.69, 9.17) is 5.11 Å². The van der Waals surface area contributed by atoms with Gasteiger partial charge < -0.3 is 5.11 Å². The highest BCUT2D eigenvalue weighted by Gasteiger charge is 2.24. The van der Waals surface area contributed by atoms with Gasteiger partial charge in [-0.1, -0.05) is 0 Å². The summed E-state index contributed by atoms with van der Waals surface area (Å²) in [6.45, 7) is 0.166. The molecule has 0 spiro atoms. The molecule has 102 valence electrons. The minimum absolute atomic E-state index is 0.00436. The Bertz CT molecular complexity index is 675. The number of nitrogens with one attached hydrogen (secondary N) is 1. The summed E-state index contributed by atoms with van der Waals surface area (Å²) in [5.41, 5.74) is 0.723. The maximum atomic E-state index is 12.2. The van der Waals surface area contributed by atoms with Crippen molar-refractivity contribution in [2.24, 2.45) is 0 Å². The molecule has 0 fully saturated rings. The van der Waals surface area contributed by atoms with Gasteiger partial charge in [0.15, 0.2) is 0 Å². The minimum Gasteiger partial charge on any atom is -0.477 e. The molecule has 2 aromatic rings. The Kier molecular flexibility index (Phi) is 3.69. The van der Waals surface area contributed by atoms with E-state index in [1.807, 2.05) is 0 Å². The molecule has 0 bridgehead atoms. The molecule has 2 rings (SSSR count). The summed E-state index contributed by atoms with van der Waals surface area (Å²) in [5, 5.41) is 15.1. The fourth-order valence-electron chi connectivity index (χ4n) is 1.43. The van der Waals surface area contributed by atoms with Gasteiger partial charge in [0.2, 0.25) is 0 Å². The Morgan fingerprint density at radius 2 is 2.26 bits per heavy atom. The van der Waals surface area contributed by atoms with E-state index >= 15 is 0 Å². The second-order valence-electron chi connectivity index (χ2n) is 3.79. The largest absolute Gasteiger partial charge is 0.477 e. The van der Waals surface area contributed by atoms with Gasteiger partial charge in [0.1, 0.15) is 9.09 Å². The molecule has 0 saturated heterocycles. The van der Waals surface area contributed by atoms with Crippen molar-refractivity contribution in [2.45, 2.75) is 10.8 Å². The van der Waals surface area contributed by atoms with Gasteiger partial charge in [-0.15, -0.1) is 11.3 Å². The Morgan fingerprint density at radius 3 is 2.79 bits per heavy atom. The van der Waals surface area contributed by atoms with Crippen molar-refractivity contribution in [3.05, 3.63) is 35.0 Å². The number of hydrogen-bond acceptors (Lipinski definition) is 5. The first-order chi connectivity index (χ1) is 8.91. The molecular weight excluding hydrogens is 290 g/mol. The lowest BCUT2D eigenvalue weighted by atomic mass is 10.4. The average Bonchev–Trinajstić information content (AvgIpc) is 2.99. The van der Waals surface area contributed by atoms with E-state index in [-0.39, 0.29) is 15.6 Å². The van der Waals surface area contributed by atoms with Gasteiger partial charge in [-0.25, -0.2) is 13.2 Å². The normalized spacial score (nSPS) is 11.9. The van der Waals surface area contributed by atoms with Crippen LogP contribution in [0.1, 0.15) is 15.2 Å². The van der Waals surface area contributed by atoms with Crippen LogP contribution in [-0.4, -0.2) is 41.0 Å².